The van der Waals surface area contributed by atoms with Crippen molar-refractivity contribution in [3.63, 3.8) is 0 Å². The molecule has 0 N–H and O–H groups in total. The first-order valence-electron chi connectivity index (χ1n) is 12.7. The number of ether oxygens (including phenoxy) is 1. The van der Waals surface area contributed by atoms with E-state index in [1.54, 1.807) is 12.4 Å². The van der Waals surface area contributed by atoms with Crippen LogP contribution in [0.3, 0.4) is 0 Å². The highest BCUT2D eigenvalue weighted by Gasteiger charge is 2.35. The van der Waals surface area contributed by atoms with Crippen molar-refractivity contribution in [2.45, 2.75) is 66.0 Å². The van der Waals surface area contributed by atoms with Gasteiger partial charge >= 0.3 is 6.01 Å². The molecule has 186 valence electrons. The van der Waals surface area contributed by atoms with Crippen LogP contribution in [0.2, 0.25) is 0 Å². The zero-order valence-electron chi connectivity index (χ0n) is 21.6. The number of amides is 1. The van der Waals surface area contributed by atoms with Gasteiger partial charge < -0.3 is 14.5 Å². The SMILES string of the molecule is CC.CCc1cnc(OC[C@@H]2CCCN2C(=O)/C(=C(/C)c2ccccc2)N2C=CC=CC2C)nc1. The molecule has 2 aliphatic rings. The van der Waals surface area contributed by atoms with Crippen LogP contribution < -0.4 is 4.74 Å². The number of aryl methyl sites for hydroxylation is 1. The van der Waals surface area contributed by atoms with Crippen LogP contribution in [0.5, 0.6) is 6.01 Å². The molecule has 0 aliphatic carbocycles. The van der Waals surface area contributed by atoms with Crippen molar-refractivity contribution in [2.24, 2.45) is 0 Å². The summed E-state index contributed by atoms with van der Waals surface area (Å²) in [6.45, 7) is 11.3. The first-order chi connectivity index (χ1) is 17.1. The monoisotopic (exact) mass is 474 g/mol. The topological polar surface area (TPSA) is 58.6 Å². The van der Waals surface area contributed by atoms with Crippen molar-refractivity contribution < 1.29 is 9.53 Å². The van der Waals surface area contributed by atoms with Gasteiger partial charge in [-0.25, -0.2) is 9.97 Å². The smallest absolute Gasteiger partial charge is 0.316 e. The number of aromatic nitrogens is 2. The molecule has 1 amide bonds. The zero-order valence-corrected chi connectivity index (χ0v) is 21.6. The largest absolute Gasteiger partial charge is 0.461 e. The third-order valence-corrected chi connectivity index (χ3v) is 6.34. The summed E-state index contributed by atoms with van der Waals surface area (Å²) >= 11 is 0. The third kappa shape index (κ3) is 6.38. The van der Waals surface area contributed by atoms with Gasteiger partial charge in [-0.15, -0.1) is 0 Å². The molecule has 1 fully saturated rings. The van der Waals surface area contributed by atoms with E-state index in [4.69, 9.17) is 4.74 Å². The third-order valence-electron chi connectivity index (χ3n) is 6.34. The van der Waals surface area contributed by atoms with E-state index in [0.29, 0.717) is 18.3 Å². The van der Waals surface area contributed by atoms with Crippen LogP contribution in [0.4, 0.5) is 0 Å². The van der Waals surface area contributed by atoms with Crippen molar-refractivity contribution in [3.8, 4) is 6.01 Å². The van der Waals surface area contributed by atoms with E-state index >= 15 is 0 Å². The predicted molar refractivity (Wildman–Crippen MR) is 142 cm³/mol. The van der Waals surface area contributed by atoms with Crippen LogP contribution in [0.25, 0.3) is 5.57 Å². The Morgan fingerprint density at radius 1 is 1.11 bits per heavy atom. The molecule has 0 radical (unpaired) electrons. The Balaban J connectivity index is 0.00000167. The van der Waals surface area contributed by atoms with E-state index in [1.165, 1.54) is 0 Å². The summed E-state index contributed by atoms with van der Waals surface area (Å²) in [6.07, 6.45) is 14.4. The van der Waals surface area contributed by atoms with Gasteiger partial charge in [0.15, 0.2) is 0 Å². The number of carbonyl (C=O) groups excluding carboxylic acids is 1. The maximum Gasteiger partial charge on any atom is 0.316 e. The maximum atomic E-state index is 14.0. The van der Waals surface area contributed by atoms with Crippen LogP contribution in [0, 0.1) is 0 Å². The predicted octanol–water partition coefficient (Wildman–Crippen LogP) is 5.64. The molecule has 3 heterocycles. The molecule has 4 rings (SSSR count). The van der Waals surface area contributed by atoms with Gasteiger partial charge in [0.25, 0.3) is 5.91 Å². The standard InChI is InChI=1S/C27H32N4O2.C2H6/c1-4-22-17-28-27(29-18-22)33-19-24-14-10-16-31(24)26(32)25(30-15-9-8-11-20(30)2)21(3)23-12-6-5-7-13-23;1-2/h5-9,11-13,15,17-18,20,24H,4,10,14,16,19H2,1-3H3;1-2H3/b25-21+;/t20?,24-;/m0./s1. The van der Waals surface area contributed by atoms with Crippen LogP contribution in [0.1, 0.15) is 58.6 Å². The average Bonchev–Trinajstić information content (AvgIpc) is 3.39. The average molecular weight is 475 g/mol. The van der Waals surface area contributed by atoms with Gasteiger partial charge in [0.05, 0.1) is 6.04 Å². The van der Waals surface area contributed by atoms with E-state index in [-0.39, 0.29) is 18.0 Å². The fourth-order valence-corrected chi connectivity index (χ4v) is 4.35. The molecule has 6 heteroatoms. The Hall–Kier alpha value is -3.41. The van der Waals surface area contributed by atoms with Crippen LogP contribution in [0.15, 0.2) is 72.9 Å². The maximum absolute atomic E-state index is 14.0. The van der Waals surface area contributed by atoms with Gasteiger partial charge in [-0.05, 0) is 55.9 Å². The molecule has 0 spiro atoms. The molecular weight excluding hydrogens is 436 g/mol. The lowest BCUT2D eigenvalue weighted by molar-refractivity contribution is -0.129. The summed E-state index contributed by atoms with van der Waals surface area (Å²) in [4.78, 5) is 26.6. The van der Waals surface area contributed by atoms with Crippen molar-refractivity contribution in [3.05, 3.63) is 84.0 Å². The van der Waals surface area contributed by atoms with E-state index in [1.807, 2.05) is 62.2 Å². The second kappa shape index (κ2) is 12.9. The Kier molecular flexibility index (Phi) is 9.65. The molecular formula is C29H38N4O2. The summed E-state index contributed by atoms with van der Waals surface area (Å²) in [5, 5.41) is 0. The fourth-order valence-electron chi connectivity index (χ4n) is 4.35. The summed E-state index contributed by atoms with van der Waals surface area (Å²) in [5.41, 5.74) is 3.80. The van der Waals surface area contributed by atoms with Gasteiger partial charge in [0.1, 0.15) is 12.3 Å². The van der Waals surface area contributed by atoms with E-state index in [9.17, 15) is 4.79 Å². The Morgan fingerprint density at radius 2 is 1.83 bits per heavy atom. The lowest BCUT2D eigenvalue weighted by Gasteiger charge is -2.34. The molecule has 2 atom stereocenters. The summed E-state index contributed by atoms with van der Waals surface area (Å²) in [6, 6.07) is 10.6. The summed E-state index contributed by atoms with van der Waals surface area (Å²) in [5.74, 6) is 0.0384. The second-order valence-corrected chi connectivity index (χ2v) is 8.55. The first kappa shape index (κ1) is 26.2. The molecule has 1 saturated heterocycles. The minimum absolute atomic E-state index is 0.00913. The van der Waals surface area contributed by atoms with Crippen molar-refractivity contribution in [1.82, 2.24) is 19.8 Å². The number of benzene rings is 1. The van der Waals surface area contributed by atoms with Crippen molar-refractivity contribution in [2.75, 3.05) is 13.2 Å². The Morgan fingerprint density at radius 3 is 2.49 bits per heavy atom. The summed E-state index contributed by atoms with van der Waals surface area (Å²) in [7, 11) is 0. The van der Waals surface area contributed by atoms with E-state index in [0.717, 1.165) is 42.5 Å². The van der Waals surface area contributed by atoms with Gasteiger partial charge in [-0.1, -0.05) is 63.3 Å². The molecule has 2 aliphatic heterocycles. The minimum Gasteiger partial charge on any atom is -0.461 e. The lowest BCUT2D eigenvalue weighted by atomic mass is 10.0. The lowest BCUT2D eigenvalue weighted by Crippen LogP contribution is -2.44. The molecule has 6 nitrogen and oxygen atoms in total. The zero-order chi connectivity index (χ0) is 25.2. The molecule has 0 bridgehead atoms. The van der Waals surface area contributed by atoms with Crippen molar-refractivity contribution in [1.29, 1.82) is 0 Å². The van der Waals surface area contributed by atoms with E-state index < -0.39 is 0 Å². The molecule has 1 aromatic heterocycles. The van der Waals surface area contributed by atoms with Crippen LogP contribution in [-0.4, -0.2) is 50.9 Å². The molecule has 2 aromatic rings. The van der Waals surface area contributed by atoms with Gasteiger partial charge in [0, 0.05) is 31.2 Å². The van der Waals surface area contributed by atoms with Gasteiger partial charge in [0.2, 0.25) is 0 Å². The normalized spacial score (nSPS) is 19.7. The highest BCUT2D eigenvalue weighted by molar-refractivity contribution is 6.01. The van der Waals surface area contributed by atoms with Crippen LogP contribution in [-0.2, 0) is 11.2 Å². The molecule has 0 saturated carbocycles. The molecule has 1 aromatic carbocycles. The van der Waals surface area contributed by atoms with Crippen molar-refractivity contribution >= 4 is 11.5 Å². The van der Waals surface area contributed by atoms with Gasteiger partial charge in [-0.3, -0.25) is 4.79 Å². The van der Waals surface area contributed by atoms with E-state index in [2.05, 4.69) is 46.9 Å². The van der Waals surface area contributed by atoms with Gasteiger partial charge in [-0.2, -0.15) is 0 Å². The number of carbonyl (C=O) groups is 1. The number of hydrogen-bond acceptors (Lipinski definition) is 5. The Bertz CT molecular complexity index is 1040. The first-order valence-corrected chi connectivity index (χ1v) is 12.7. The molecule has 1 unspecified atom stereocenters. The number of likely N-dealkylation sites (tertiary alicyclic amines) is 1. The Labute approximate surface area is 210 Å². The highest BCUT2D eigenvalue weighted by Crippen LogP contribution is 2.29. The number of nitrogens with zero attached hydrogens (tertiary/aromatic N) is 4. The number of rotatable bonds is 7. The minimum atomic E-state index is -0.00913. The fraction of sp³-hybridized carbons (Fsp3) is 0.414. The molecule has 35 heavy (non-hydrogen) atoms. The second-order valence-electron chi connectivity index (χ2n) is 8.55. The van der Waals surface area contributed by atoms with Crippen LogP contribution >= 0.6 is 0 Å². The number of allylic oxidation sites excluding steroid dienone is 3. The summed E-state index contributed by atoms with van der Waals surface area (Å²) < 4.78 is 5.89. The number of hydrogen-bond donors (Lipinski definition) is 0. The highest BCUT2D eigenvalue weighted by atomic mass is 16.5. The quantitative estimate of drug-likeness (QED) is 0.486.